The number of hydrogen-bond donors (Lipinski definition) is 1. The molecule has 1 heterocycles. The Balaban J connectivity index is 1.73. The second-order valence-corrected chi connectivity index (χ2v) is 7.23. The molecule has 1 aliphatic heterocycles. The number of nitrogens with zero attached hydrogens (tertiary/aromatic N) is 3. The highest BCUT2D eigenvalue weighted by molar-refractivity contribution is 5.79. The van der Waals surface area contributed by atoms with E-state index in [4.69, 9.17) is 10.00 Å². The third-order valence-electron chi connectivity index (χ3n) is 5.32. The number of piperazine rings is 1. The van der Waals surface area contributed by atoms with Crippen LogP contribution in [0, 0.1) is 11.3 Å². The van der Waals surface area contributed by atoms with Gasteiger partial charge in [0.15, 0.2) is 0 Å². The fourth-order valence-corrected chi connectivity index (χ4v) is 3.65. The lowest BCUT2D eigenvalue weighted by molar-refractivity contribution is -0.137. The van der Waals surface area contributed by atoms with Crippen molar-refractivity contribution >= 4 is 11.6 Å². The standard InChI is InChI=1S/C22H22F3N3O3/c1-31-19-6-2-15(3-7-19)10-21(30)28-9-8-27(13-18(28)14-29)17-5-4-16(12-26)20(11-17)22(23,24)25/h2-7,11,18,29H,8-10,13-14H2,1H3. The number of hydrogen-bond acceptors (Lipinski definition) is 5. The Kier molecular flexibility index (Phi) is 6.71. The molecule has 1 saturated heterocycles. The number of aliphatic hydroxyl groups is 1. The number of nitriles is 1. The molecule has 9 heteroatoms. The van der Waals surface area contributed by atoms with Crippen molar-refractivity contribution in [3.05, 3.63) is 59.2 Å². The summed E-state index contributed by atoms with van der Waals surface area (Å²) in [4.78, 5) is 16.0. The number of carbonyl (C=O) groups is 1. The summed E-state index contributed by atoms with van der Waals surface area (Å²) in [5.41, 5.74) is -0.340. The fourth-order valence-electron chi connectivity index (χ4n) is 3.65. The summed E-state index contributed by atoms with van der Waals surface area (Å²) in [5.74, 6) is 0.512. The minimum absolute atomic E-state index is 0.148. The number of benzene rings is 2. The van der Waals surface area contributed by atoms with Crippen LogP contribution in [0.25, 0.3) is 0 Å². The van der Waals surface area contributed by atoms with Gasteiger partial charge in [-0.2, -0.15) is 18.4 Å². The van der Waals surface area contributed by atoms with Crippen LogP contribution in [0.4, 0.5) is 18.9 Å². The maximum Gasteiger partial charge on any atom is 0.417 e. The topological polar surface area (TPSA) is 76.8 Å². The van der Waals surface area contributed by atoms with Crippen LogP contribution in [-0.4, -0.2) is 55.3 Å². The molecule has 6 nitrogen and oxygen atoms in total. The molecule has 2 aromatic carbocycles. The van der Waals surface area contributed by atoms with E-state index in [1.54, 1.807) is 47.2 Å². The highest BCUT2D eigenvalue weighted by Gasteiger charge is 2.35. The summed E-state index contributed by atoms with van der Waals surface area (Å²) in [6.07, 6.45) is -4.50. The molecule has 3 rings (SSSR count). The van der Waals surface area contributed by atoms with Crippen LogP contribution in [0.2, 0.25) is 0 Å². The fraction of sp³-hybridized carbons (Fsp3) is 0.364. The summed E-state index contributed by atoms with van der Waals surface area (Å²) in [7, 11) is 1.55. The molecule has 1 amide bonds. The Labute approximate surface area is 178 Å². The van der Waals surface area contributed by atoms with Crippen LogP contribution < -0.4 is 9.64 Å². The van der Waals surface area contributed by atoms with E-state index in [1.165, 1.54) is 6.07 Å². The highest BCUT2D eigenvalue weighted by atomic mass is 19.4. The van der Waals surface area contributed by atoms with Gasteiger partial charge in [-0.05, 0) is 35.9 Å². The van der Waals surface area contributed by atoms with E-state index in [2.05, 4.69) is 0 Å². The number of anilines is 1. The van der Waals surface area contributed by atoms with Crippen molar-refractivity contribution < 1.29 is 27.8 Å². The predicted octanol–water partition coefficient (Wildman–Crippen LogP) is 2.84. The molecule has 0 bridgehead atoms. The Bertz CT molecular complexity index is 971. The first-order valence-corrected chi connectivity index (χ1v) is 9.66. The molecule has 0 aromatic heterocycles. The van der Waals surface area contributed by atoms with Gasteiger partial charge in [0.2, 0.25) is 5.91 Å². The van der Waals surface area contributed by atoms with Crippen molar-refractivity contribution in [2.75, 3.05) is 38.3 Å². The molecule has 2 aromatic rings. The van der Waals surface area contributed by atoms with Crippen molar-refractivity contribution in [2.24, 2.45) is 0 Å². The number of methoxy groups -OCH3 is 1. The molecular weight excluding hydrogens is 411 g/mol. The summed E-state index contributed by atoms with van der Waals surface area (Å²) in [5, 5.41) is 18.8. The zero-order valence-corrected chi connectivity index (χ0v) is 16.9. The number of halogens is 3. The summed E-state index contributed by atoms with van der Waals surface area (Å²) >= 11 is 0. The largest absolute Gasteiger partial charge is 0.497 e. The van der Waals surface area contributed by atoms with E-state index >= 15 is 0 Å². The predicted molar refractivity (Wildman–Crippen MR) is 108 cm³/mol. The number of carbonyl (C=O) groups excluding carboxylic acids is 1. The summed E-state index contributed by atoms with van der Waals surface area (Å²) in [6, 6.07) is 11.7. The number of alkyl halides is 3. The van der Waals surface area contributed by atoms with Gasteiger partial charge in [0, 0.05) is 25.3 Å². The Morgan fingerprint density at radius 1 is 1.23 bits per heavy atom. The van der Waals surface area contributed by atoms with Crippen molar-refractivity contribution in [3.8, 4) is 11.8 Å². The van der Waals surface area contributed by atoms with E-state index in [0.717, 1.165) is 17.7 Å². The maximum atomic E-state index is 13.3. The van der Waals surface area contributed by atoms with Gasteiger partial charge < -0.3 is 19.6 Å². The quantitative estimate of drug-likeness (QED) is 0.785. The second-order valence-electron chi connectivity index (χ2n) is 7.23. The molecule has 1 aliphatic rings. The lowest BCUT2D eigenvalue weighted by Crippen LogP contribution is -2.57. The summed E-state index contributed by atoms with van der Waals surface area (Å²) < 4.78 is 44.9. The average Bonchev–Trinajstić information content (AvgIpc) is 2.78. The van der Waals surface area contributed by atoms with E-state index in [-0.39, 0.29) is 32.0 Å². The van der Waals surface area contributed by atoms with Gasteiger partial charge in [0.25, 0.3) is 0 Å². The van der Waals surface area contributed by atoms with Gasteiger partial charge in [-0.15, -0.1) is 0 Å². The lowest BCUT2D eigenvalue weighted by atomic mass is 10.0. The third kappa shape index (κ3) is 5.09. The Morgan fingerprint density at radius 3 is 2.52 bits per heavy atom. The van der Waals surface area contributed by atoms with Crippen molar-refractivity contribution in [1.82, 2.24) is 4.90 Å². The van der Waals surface area contributed by atoms with Gasteiger partial charge in [-0.25, -0.2) is 0 Å². The minimum atomic E-state index is -4.65. The number of rotatable bonds is 5. The summed E-state index contributed by atoms with van der Waals surface area (Å²) in [6.45, 7) is 0.455. The highest BCUT2D eigenvalue weighted by Crippen LogP contribution is 2.35. The van der Waals surface area contributed by atoms with Crippen LogP contribution in [-0.2, 0) is 17.4 Å². The van der Waals surface area contributed by atoms with Gasteiger partial charge in [-0.3, -0.25) is 4.79 Å². The molecule has 1 atom stereocenters. The van der Waals surface area contributed by atoms with Gasteiger partial charge in [0.05, 0.1) is 43.4 Å². The normalized spacial score (nSPS) is 16.7. The van der Waals surface area contributed by atoms with Crippen LogP contribution in [0.1, 0.15) is 16.7 Å². The second kappa shape index (κ2) is 9.27. The molecule has 164 valence electrons. The molecule has 0 aliphatic carbocycles. The van der Waals surface area contributed by atoms with Gasteiger partial charge in [-0.1, -0.05) is 12.1 Å². The Morgan fingerprint density at radius 2 is 1.94 bits per heavy atom. The molecule has 0 saturated carbocycles. The van der Waals surface area contributed by atoms with Crippen molar-refractivity contribution in [3.63, 3.8) is 0 Å². The molecule has 1 N–H and O–H groups in total. The van der Waals surface area contributed by atoms with Gasteiger partial charge in [0.1, 0.15) is 5.75 Å². The van der Waals surface area contributed by atoms with E-state index in [9.17, 15) is 23.1 Å². The van der Waals surface area contributed by atoms with Gasteiger partial charge >= 0.3 is 6.18 Å². The molecule has 1 fully saturated rings. The molecule has 1 unspecified atom stereocenters. The zero-order chi connectivity index (χ0) is 22.6. The lowest BCUT2D eigenvalue weighted by Gasteiger charge is -2.42. The smallest absolute Gasteiger partial charge is 0.417 e. The molecular formula is C22H22F3N3O3. The molecule has 0 spiro atoms. The van der Waals surface area contributed by atoms with E-state index < -0.39 is 23.3 Å². The number of aliphatic hydroxyl groups excluding tert-OH is 1. The SMILES string of the molecule is COc1ccc(CC(=O)N2CCN(c3ccc(C#N)c(C(F)(F)F)c3)CC2CO)cc1. The monoisotopic (exact) mass is 433 g/mol. The van der Waals surface area contributed by atoms with Crippen LogP contribution in [0.15, 0.2) is 42.5 Å². The van der Waals surface area contributed by atoms with Crippen LogP contribution in [0.3, 0.4) is 0 Å². The van der Waals surface area contributed by atoms with Crippen LogP contribution >= 0.6 is 0 Å². The van der Waals surface area contributed by atoms with Crippen molar-refractivity contribution in [1.29, 1.82) is 5.26 Å². The first-order valence-electron chi connectivity index (χ1n) is 9.66. The third-order valence-corrected chi connectivity index (χ3v) is 5.32. The zero-order valence-electron chi connectivity index (χ0n) is 16.9. The minimum Gasteiger partial charge on any atom is -0.497 e. The van der Waals surface area contributed by atoms with E-state index in [0.29, 0.717) is 18.0 Å². The van der Waals surface area contributed by atoms with E-state index in [1.807, 2.05) is 0 Å². The first-order chi connectivity index (χ1) is 14.8. The number of ether oxygens (including phenoxy) is 1. The number of amides is 1. The average molecular weight is 433 g/mol. The first kappa shape index (κ1) is 22.4. The molecule has 31 heavy (non-hydrogen) atoms. The maximum absolute atomic E-state index is 13.3. The molecule has 0 radical (unpaired) electrons. The Hall–Kier alpha value is -3.25. The van der Waals surface area contributed by atoms with Crippen molar-refractivity contribution in [2.45, 2.75) is 18.6 Å². The van der Waals surface area contributed by atoms with Crippen LogP contribution in [0.5, 0.6) is 5.75 Å².